The smallest absolute Gasteiger partial charge is 0.262 e. The van der Waals surface area contributed by atoms with Gasteiger partial charge < -0.3 is 14.8 Å². The second-order valence-corrected chi connectivity index (χ2v) is 9.04. The van der Waals surface area contributed by atoms with Gasteiger partial charge in [0, 0.05) is 23.4 Å². The Bertz CT molecular complexity index is 966. The van der Waals surface area contributed by atoms with Crippen LogP contribution in [0.3, 0.4) is 0 Å². The van der Waals surface area contributed by atoms with E-state index in [4.69, 9.17) is 9.47 Å². The van der Waals surface area contributed by atoms with Crippen molar-refractivity contribution in [1.82, 2.24) is 5.32 Å². The summed E-state index contributed by atoms with van der Waals surface area (Å²) in [5.74, 6) is 0.641. The van der Waals surface area contributed by atoms with Crippen LogP contribution in [0.2, 0.25) is 0 Å². The van der Waals surface area contributed by atoms with Gasteiger partial charge in [0.05, 0.1) is 19.1 Å². The van der Waals surface area contributed by atoms with Crippen LogP contribution in [0.1, 0.15) is 48.9 Å². The van der Waals surface area contributed by atoms with Crippen molar-refractivity contribution in [2.45, 2.75) is 49.5 Å². The van der Waals surface area contributed by atoms with E-state index in [0.29, 0.717) is 22.7 Å². The normalized spacial score (nSPS) is 15.1. The van der Waals surface area contributed by atoms with E-state index in [0.717, 1.165) is 25.7 Å². The number of carbonyl (C=O) groups is 1. The first-order chi connectivity index (χ1) is 14.4. The van der Waals surface area contributed by atoms with Crippen LogP contribution in [0.25, 0.3) is 0 Å². The van der Waals surface area contributed by atoms with Gasteiger partial charge in [-0.05, 0) is 49.2 Å². The maximum Gasteiger partial charge on any atom is 0.262 e. The van der Waals surface area contributed by atoms with Gasteiger partial charge in [0.15, 0.2) is 11.5 Å². The average Bonchev–Trinajstić information content (AvgIpc) is 3.02. The molecule has 0 aromatic heterocycles. The molecule has 1 saturated carbocycles. The molecule has 2 aromatic carbocycles. The van der Waals surface area contributed by atoms with Gasteiger partial charge >= 0.3 is 0 Å². The molecule has 1 aliphatic carbocycles. The van der Waals surface area contributed by atoms with Gasteiger partial charge in [-0.25, -0.2) is 8.42 Å². The lowest BCUT2D eigenvalue weighted by atomic mass is 10.1. The molecule has 1 fully saturated rings. The van der Waals surface area contributed by atoms with Crippen LogP contribution in [0, 0.1) is 0 Å². The first-order valence-electron chi connectivity index (χ1n) is 10.1. The Balaban J connectivity index is 1.68. The Morgan fingerprint density at radius 3 is 2.13 bits per heavy atom. The highest BCUT2D eigenvalue weighted by Gasteiger charge is 2.19. The fourth-order valence-electron chi connectivity index (χ4n) is 3.58. The Morgan fingerprint density at radius 1 is 0.900 bits per heavy atom. The number of carbonyl (C=O) groups excluding carboxylic acids is 1. The topological polar surface area (TPSA) is 93.7 Å². The van der Waals surface area contributed by atoms with E-state index in [2.05, 4.69) is 10.0 Å². The number of sulfonamides is 1. The van der Waals surface area contributed by atoms with Crippen molar-refractivity contribution in [2.75, 3.05) is 18.9 Å². The Kier molecular flexibility index (Phi) is 7.20. The summed E-state index contributed by atoms with van der Waals surface area (Å²) in [5, 5.41) is 3.09. The molecule has 0 bridgehead atoms. The second-order valence-electron chi connectivity index (χ2n) is 7.36. The minimum absolute atomic E-state index is 0.0512. The summed E-state index contributed by atoms with van der Waals surface area (Å²) in [6.07, 6.45) is 6.75. The minimum Gasteiger partial charge on any atom is -0.493 e. The molecule has 2 aromatic rings. The highest BCUT2D eigenvalue weighted by molar-refractivity contribution is 7.92. The second kappa shape index (κ2) is 9.84. The van der Waals surface area contributed by atoms with E-state index in [9.17, 15) is 13.2 Å². The summed E-state index contributed by atoms with van der Waals surface area (Å²) in [4.78, 5) is 12.5. The molecule has 2 N–H and O–H groups in total. The Hall–Kier alpha value is -2.74. The summed E-state index contributed by atoms with van der Waals surface area (Å²) in [6.45, 7) is 0. The molecule has 0 radical (unpaired) electrons. The first kappa shape index (κ1) is 22.0. The lowest BCUT2D eigenvalue weighted by molar-refractivity contribution is 0.0933. The Morgan fingerprint density at radius 2 is 1.53 bits per heavy atom. The molecule has 30 heavy (non-hydrogen) atoms. The molecule has 8 heteroatoms. The van der Waals surface area contributed by atoms with Gasteiger partial charge in [0.2, 0.25) is 0 Å². The molecular weight excluding hydrogens is 404 g/mol. The minimum atomic E-state index is -3.82. The van der Waals surface area contributed by atoms with E-state index in [1.165, 1.54) is 45.3 Å². The predicted molar refractivity (Wildman–Crippen MR) is 116 cm³/mol. The van der Waals surface area contributed by atoms with E-state index in [1.807, 2.05) is 0 Å². The van der Waals surface area contributed by atoms with Gasteiger partial charge in [-0.1, -0.05) is 25.7 Å². The van der Waals surface area contributed by atoms with Gasteiger partial charge in [0.1, 0.15) is 0 Å². The molecule has 1 amide bonds. The first-order valence-corrected chi connectivity index (χ1v) is 11.6. The molecule has 0 spiro atoms. The van der Waals surface area contributed by atoms with Crippen LogP contribution in [-0.2, 0) is 10.0 Å². The standard InChI is InChI=1S/C22H28N2O5S/c1-28-20-14-13-19(15-21(20)29-2)30(26,27)24-18-11-9-16(10-12-18)22(25)23-17-7-5-3-4-6-8-17/h9-15,17,24H,3-8H2,1-2H3,(H,23,25). The van der Waals surface area contributed by atoms with Crippen molar-refractivity contribution in [3.63, 3.8) is 0 Å². The third-order valence-electron chi connectivity index (χ3n) is 5.26. The van der Waals surface area contributed by atoms with Crippen molar-refractivity contribution < 1.29 is 22.7 Å². The van der Waals surface area contributed by atoms with Gasteiger partial charge in [-0.3, -0.25) is 9.52 Å². The molecule has 1 aliphatic rings. The summed E-state index contributed by atoms with van der Waals surface area (Å²) >= 11 is 0. The zero-order valence-corrected chi connectivity index (χ0v) is 18.1. The number of methoxy groups -OCH3 is 2. The van der Waals surface area contributed by atoms with Crippen LogP contribution in [0.4, 0.5) is 5.69 Å². The maximum absolute atomic E-state index is 12.7. The highest BCUT2D eigenvalue weighted by Crippen LogP contribution is 2.30. The number of nitrogens with one attached hydrogen (secondary N) is 2. The van der Waals surface area contributed by atoms with Gasteiger partial charge in [-0.2, -0.15) is 0 Å². The summed E-state index contributed by atoms with van der Waals surface area (Å²) in [7, 11) is -0.888. The van der Waals surface area contributed by atoms with Crippen LogP contribution in [-0.4, -0.2) is 34.6 Å². The highest BCUT2D eigenvalue weighted by atomic mass is 32.2. The molecule has 3 rings (SSSR count). The van der Waals surface area contributed by atoms with E-state index >= 15 is 0 Å². The number of benzene rings is 2. The SMILES string of the molecule is COc1ccc(S(=O)(=O)Nc2ccc(C(=O)NC3CCCCCC3)cc2)cc1OC. The third kappa shape index (κ3) is 5.44. The molecule has 162 valence electrons. The van der Waals surface area contributed by atoms with Gasteiger partial charge in [-0.15, -0.1) is 0 Å². The van der Waals surface area contributed by atoms with Crippen LogP contribution in [0.15, 0.2) is 47.4 Å². The molecule has 0 aliphatic heterocycles. The third-order valence-corrected chi connectivity index (χ3v) is 6.63. The summed E-state index contributed by atoms with van der Waals surface area (Å²) < 4.78 is 38.2. The molecular formula is C22H28N2O5S. The Labute approximate surface area is 177 Å². The monoisotopic (exact) mass is 432 g/mol. The van der Waals surface area contributed by atoms with Crippen LogP contribution < -0.4 is 19.5 Å². The van der Waals surface area contributed by atoms with E-state index in [1.54, 1.807) is 24.3 Å². The van der Waals surface area contributed by atoms with Crippen molar-refractivity contribution in [2.24, 2.45) is 0 Å². The summed E-state index contributed by atoms with van der Waals surface area (Å²) in [6, 6.07) is 11.0. The largest absolute Gasteiger partial charge is 0.493 e. The van der Waals surface area contributed by atoms with Crippen molar-refractivity contribution in [3.8, 4) is 11.5 Å². The summed E-state index contributed by atoms with van der Waals surface area (Å²) in [5.41, 5.74) is 0.879. The number of anilines is 1. The molecule has 0 heterocycles. The number of amides is 1. The van der Waals surface area contributed by atoms with E-state index in [-0.39, 0.29) is 16.8 Å². The van der Waals surface area contributed by atoms with E-state index < -0.39 is 10.0 Å². The molecule has 0 atom stereocenters. The molecule has 0 saturated heterocycles. The quantitative estimate of drug-likeness (QED) is 0.646. The lowest BCUT2D eigenvalue weighted by Gasteiger charge is -2.16. The number of ether oxygens (including phenoxy) is 2. The van der Waals surface area contributed by atoms with Crippen molar-refractivity contribution in [1.29, 1.82) is 0 Å². The zero-order valence-electron chi connectivity index (χ0n) is 17.3. The average molecular weight is 433 g/mol. The fourth-order valence-corrected chi connectivity index (χ4v) is 4.65. The number of hydrogen-bond donors (Lipinski definition) is 2. The molecule has 7 nitrogen and oxygen atoms in total. The maximum atomic E-state index is 12.7. The zero-order chi connectivity index (χ0) is 21.6. The van der Waals surface area contributed by atoms with Crippen molar-refractivity contribution in [3.05, 3.63) is 48.0 Å². The number of rotatable bonds is 7. The lowest BCUT2D eigenvalue weighted by Crippen LogP contribution is -2.34. The van der Waals surface area contributed by atoms with Crippen LogP contribution in [0.5, 0.6) is 11.5 Å². The molecule has 0 unspecified atom stereocenters. The fraction of sp³-hybridized carbons (Fsp3) is 0.409. The predicted octanol–water partition coefficient (Wildman–Crippen LogP) is 3.96. The van der Waals surface area contributed by atoms with Crippen molar-refractivity contribution >= 4 is 21.6 Å². The van der Waals surface area contributed by atoms with Gasteiger partial charge in [0.25, 0.3) is 15.9 Å². The van der Waals surface area contributed by atoms with Crippen LogP contribution >= 0.6 is 0 Å². The number of hydrogen-bond acceptors (Lipinski definition) is 5.